The summed E-state index contributed by atoms with van der Waals surface area (Å²) in [5, 5.41) is 6.76. The van der Waals surface area contributed by atoms with Gasteiger partial charge in [0.1, 0.15) is 5.82 Å². The molecule has 0 aliphatic carbocycles. The molecule has 1 aromatic carbocycles. The molecular weight excluding hydrogens is 348 g/mol. The van der Waals surface area contributed by atoms with Gasteiger partial charge in [-0.25, -0.2) is 4.98 Å². The van der Waals surface area contributed by atoms with Crippen LogP contribution in [0.5, 0.6) is 0 Å². The van der Waals surface area contributed by atoms with Crippen molar-refractivity contribution in [1.82, 2.24) is 19.9 Å². The van der Waals surface area contributed by atoms with Crippen LogP contribution in [0, 0.1) is 6.92 Å². The Hall–Kier alpha value is -2.99. The fourth-order valence-corrected chi connectivity index (χ4v) is 2.87. The minimum Gasteiger partial charge on any atom is -0.366 e. The Bertz CT molecular complexity index is 879. The van der Waals surface area contributed by atoms with Crippen LogP contribution in [0.4, 0.5) is 11.8 Å². The molecule has 0 atom stereocenters. The standard InChI is InChI=1S/C22H28N6/c1-17-8-6-9-18(14-17)16-25-21-15-20(19-10-4-5-11-23-19)26-22(27-21)24-12-7-13-28(2)3/h4-6,8-11,14-15H,7,12-13,16H2,1-3H3,(H2,24,25,26,27). The highest BCUT2D eigenvalue weighted by Gasteiger charge is 2.08. The van der Waals surface area contributed by atoms with Crippen LogP contribution in [0.2, 0.25) is 0 Å². The van der Waals surface area contributed by atoms with Crippen LogP contribution in [0.3, 0.4) is 0 Å². The summed E-state index contributed by atoms with van der Waals surface area (Å²) in [6, 6.07) is 16.2. The Morgan fingerprint density at radius 3 is 2.57 bits per heavy atom. The van der Waals surface area contributed by atoms with Crippen molar-refractivity contribution in [3.63, 3.8) is 0 Å². The first-order valence-electron chi connectivity index (χ1n) is 9.58. The maximum Gasteiger partial charge on any atom is 0.225 e. The van der Waals surface area contributed by atoms with Crippen molar-refractivity contribution in [1.29, 1.82) is 0 Å². The van der Waals surface area contributed by atoms with Crippen molar-refractivity contribution in [3.05, 3.63) is 65.9 Å². The number of anilines is 2. The fourth-order valence-electron chi connectivity index (χ4n) is 2.87. The van der Waals surface area contributed by atoms with E-state index in [4.69, 9.17) is 0 Å². The number of hydrogen-bond acceptors (Lipinski definition) is 6. The third kappa shape index (κ3) is 6.03. The Kier molecular flexibility index (Phi) is 6.92. The highest BCUT2D eigenvalue weighted by atomic mass is 15.1. The van der Waals surface area contributed by atoms with Crippen LogP contribution in [0.1, 0.15) is 17.5 Å². The van der Waals surface area contributed by atoms with E-state index in [1.807, 2.05) is 24.3 Å². The fraction of sp³-hybridized carbons (Fsp3) is 0.318. The van der Waals surface area contributed by atoms with Gasteiger partial charge in [0.2, 0.25) is 5.95 Å². The van der Waals surface area contributed by atoms with E-state index in [9.17, 15) is 0 Å². The summed E-state index contributed by atoms with van der Waals surface area (Å²) in [6.45, 7) is 4.65. The van der Waals surface area contributed by atoms with Gasteiger partial charge < -0.3 is 15.5 Å². The number of rotatable bonds is 9. The number of benzene rings is 1. The van der Waals surface area contributed by atoms with E-state index in [-0.39, 0.29) is 0 Å². The number of aryl methyl sites for hydroxylation is 1. The number of hydrogen-bond donors (Lipinski definition) is 2. The molecule has 146 valence electrons. The van der Waals surface area contributed by atoms with Gasteiger partial charge in [-0.3, -0.25) is 4.98 Å². The number of nitrogens with one attached hydrogen (secondary N) is 2. The van der Waals surface area contributed by atoms with Crippen LogP contribution in [0.25, 0.3) is 11.4 Å². The van der Waals surface area contributed by atoms with E-state index in [0.717, 1.165) is 36.7 Å². The van der Waals surface area contributed by atoms with Crippen LogP contribution in [-0.2, 0) is 6.54 Å². The average molecular weight is 377 g/mol. The first kappa shape index (κ1) is 19.8. The number of pyridine rings is 1. The third-order valence-corrected chi connectivity index (χ3v) is 4.27. The Morgan fingerprint density at radius 1 is 0.929 bits per heavy atom. The van der Waals surface area contributed by atoms with E-state index in [1.54, 1.807) is 6.20 Å². The lowest BCUT2D eigenvalue weighted by Crippen LogP contribution is -2.17. The van der Waals surface area contributed by atoms with Gasteiger partial charge >= 0.3 is 0 Å². The zero-order valence-corrected chi connectivity index (χ0v) is 16.8. The van der Waals surface area contributed by atoms with Crippen LogP contribution in [0.15, 0.2) is 54.7 Å². The molecule has 0 radical (unpaired) electrons. The molecule has 6 nitrogen and oxygen atoms in total. The monoisotopic (exact) mass is 376 g/mol. The van der Waals surface area contributed by atoms with E-state index < -0.39 is 0 Å². The summed E-state index contributed by atoms with van der Waals surface area (Å²) < 4.78 is 0. The second kappa shape index (κ2) is 9.80. The van der Waals surface area contributed by atoms with E-state index in [2.05, 4.69) is 75.8 Å². The molecule has 3 rings (SSSR count). The smallest absolute Gasteiger partial charge is 0.225 e. The van der Waals surface area contributed by atoms with Crippen molar-refractivity contribution in [2.75, 3.05) is 37.8 Å². The molecule has 0 bridgehead atoms. The van der Waals surface area contributed by atoms with Crippen molar-refractivity contribution >= 4 is 11.8 Å². The SMILES string of the molecule is Cc1cccc(CNc2cc(-c3ccccn3)nc(NCCCN(C)C)n2)c1. The molecule has 0 unspecified atom stereocenters. The first-order chi connectivity index (χ1) is 13.6. The highest BCUT2D eigenvalue weighted by molar-refractivity contribution is 5.61. The van der Waals surface area contributed by atoms with Gasteiger partial charge in [0.05, 0.1) is 11.4 Å². The second-order valence-electron chi connectivity index (χ2n) is 7.10. The normalized spacial score (nSPS) is 10.9. The average Bonchev–Trinajstić information content (AvgIpc) is 2.70. The highest BCUT2D eigenvalue weighted by Crippen LogP contribution is 2.20. The molecule has 0 amide bonds. The van der Waals surface area contributed by atoms with Gasteiger partial charge in [0.15, 0.2) is 0 Å². The van der Waals surface area contributed by atoms with Gasteiger partial charge in [-0.05, 0) is 51.7 Å². The molecular formula is C22H28N6. The molecule has 6 heteroatoms. The van der Waals surface area contributed by atoms with Crippen molar-refractivity contribution in [2.45, 2.75) is 19.9 Å². The maximum atomic E-state index is 4.65. The summed E-state index contributed by atoms with van der Waals surface area (Å²) >= 11 is 0. The van der Waals surface area contributed by atoms with Crippen LogP contribution < -0.4 is 10.6 Å². The summed E-state index contributed by atoms with van der Waals surface area (Å²) in [6.07, 6.45) is 2.80. The lowest BCUT2D eigenvalue weighted by molar-refractivity contribution is 0.405. The van der Waals surface area contributed by atoms with Crippen LogP contribution >= 0.6 is 0 Å². The summed E-state index contributed by atoms with van der Waals surface area (Å²) in [5.74, 6) is 1.40. The largest absolute Gasteiger partial charge is 0.366 e. The number of nitrogens with zero attached hydrogens (tertiary/aromatic N) is 4. The molecule has 0 aliphatic heterocycles. The number of aromatic nitrogens is 3. The van der Waals surface area contributed by atoms with E-state index >= 15 is 0 Å². The zero-order chi connectivity index (χ0) is 19.8. The van der Waals surface area contributed by atoms with Crippen LogP contribution in [-0.4, -0.2) is 47.0 Å². The van der Waals surface area contributed by atoms with Gasteiger partial charge in [-0.2, -0.15) is 4.98 Å². The molecule has 0 fully saturated rings. The Balaban J connectivity index is 1.76. The van der Waals surface area contributed by atoms with Gasteiger partial charge in [-0.15, -0.1) is 0 Å². The first-order valence-corrected chi connectivity index (χ1v) is 9.58. The van der Waals surface area contributed by atoms with E-state index in [0.29, 0.717) is 12.5 Å². The molecule has 0 saturated heterocycles. The minimum absolute atomic E-state index is 0.619. The van der Waals surface area contributed by atoms with Gasteiger partial charge in [0, 0.05) is 25.4 Å². The molecule has 2 aromatic heterocycles. The Morgan fingerprint density at radius 2 is 1.82 bits per heavy atom. The maximum absolute atomic E-state index is 4.65. The molecule has 2 N–H and O–H groups in total. The second-order valence-corrected chi connectivity index (χ2v) is 7.10. The summed E-state index contributed by atoms with van der Waals surface area (Å²) in [5.41, 5.74) is 4.11. The zero-order valence-electron chi connectivity index (χ0n) is 16.8. The minimum atomic E-state index is 0.619. The molecule has 28 heavy (non-hydrogen) atoms. The molecule has 3 aromatic rings. The topological polar surface area (TPSA) is 66.0 Å². The molecule has 2 heterocycles. The van der Waals surface area contributed by atoms with Crippen molar-refractivity contribution < 1.29 is 0 Å². The molecule has 0 saturated carbocycles. The summed E-state index contributed by atoms with van der Waals surface area (Å²) in [4.78, 5) is 15.9. The summed E-state index contributed by atoms with van der Waals surface area (Å²) in [7, 11) is 4.15. The van der Waals surface area contributed by atoms with Gasteiger partial charge in [-0.1, -0.05) is 35.9 Å². The predicted octanol–water partition coefficient (Wildman–Crippen LogP) is 3.82. The van der Waals surface area contributed by atoms with Gasteiger partial charge in [0.25, 0.3) is 0 Å². The third-order valence-electron chi connectivity index (χ3n) is 4.27. The quantitative estimate of drug-likeness (QED) is 0.554. The predicted molar refractivity (Wildman–Crippen MR) is 115 cm³/mol. The molecule has 0 spiro atoms. The lowest BCUT2D eigenvalue weighted by atomic mass is 10.1. The van der Waals surface area contributed by atoms with E-state index in [1.165, 1.54) is 11.1 Å². The van der Waals surface area contributed by atoms with Crippen molar-refractivity contribution in [2.24, 2.45) is 0 Å². The Labute approximate surface area is 167 Å². The molecule has 0 aliphatic rings. The lowest BCUT2D eigenvalue weighted by Gasteiger charge is -2.13. The van der Waals surface area contributed by atoms with Crippen molar-refractivity contribution in [3.8, 4) is 11.4 Å².